The average Bonchev–Trinajstić information content (AvgIpc) is 2.77. The Labute approximate surface area is 116 Å². The van der Waals surface area contributed by atoms with Crippen LogP contribution >= 0.6 is 0 Å². The minimum Gasteiger partial charge on any atom is -0.350 e. The lowest BCUT2D eigenvalue weighted by molar-refractivity contribution is 0.185. The van der Waals surface area contributed by atoms with Crippen molar-refractivity contribution in [3.63, 3.8) is 0 Å². The fourth-order valence-corrected chi connectivity index (χ4v) is 3.47. The average molecular weight is 256 g/mol. The molecule has 1 aliphatic carbocycles. The number of rotatable bonds is 3. The van der Waals surface area contributed by atoms with E-state index in [4.69, 9.17) is 0 Å². The maximum atomic E-state index is 2.56. The summed E-state index contributed by atoms with van der Waals surface area (Å²) in [6.45, 7) is 1.08. The lowest BCUT2D eigenvalue weighted by Crippen LogP contribution is -2.32. The highest BCUT2D eigenvalue weighted by atomic mass is 15.1. The van der Waals surface area contributed by atoms with Gasteiger partial charge >= 0.3 is 0 Å². The van der Waals surface area contributed by atoms with Crippen molar-refractivity contribution in [3.05, 3.63) is 36.0 Å². The van der Waals surface area contributed by atoms with E-state index in [-0.39, 0.29) is 0 Å². The van der Waals surface area contributed by atoms with Crippen LogP contribution in [-0.4, -0.2) is 22.6 Å². The van der Waals surface area contributed by atoms with Crippen LogP contribution in [-0.2, 0) is 13.6 Å². The minimum atomic E-state index is 0.785. The molecule has 0 saturated heterocycles. The zero-order valence-corrected chi connectivity index (χ0v) is 12.1. The van der Waals surface area contributed by atoms with E-state index in [0.29, 0.717) is 0 Å². The maximum Gasteiger partial charge on any atom is 0.0481 e. The second-order valence-corrected chi connectivity index (χ2v) is 5.99. The van der Waals surface area contributed by atoms with Gasteiger partial charge < -0.3 is 4.57 Å². The normalized spacial score (nSPS) is 17.4. The molecule has 1 aromatic carbocycles. The van der Waals surface area contributed by atoms with E-state index < -0.39 is 0 Å². The molecule has 102 valence electrons. The summed E-state index contributed by atoms with van der Waals surface area (Å²) >= 11 is 0. The first-order valence-electron chi connectivity index (χ1n) is 7.49. The number of aryl methyl sites for hydroxylation is 1. The summed E-state index contributed by atoms with van der Waals surface area (Å²) in [5, 5.41) is 1.41. The molecule has 2 heteroatoms. The SMILES string of the molecule is CN(Cc1cn(C)c2ccccc12)C1CCCCC1. The van der Waals surface area contributed by atoms with E-state index in [2.05, 4.69) is 54.0 Å². The second kappa shape index (κ2) is 5.38. The molecule has 0 atom stereocenters. The molecule has 0 unspecified atom stereocenters. The van der Waals surface area contributed by atoms with Crippen molar-refractivity contribution in [1.29, 1.82) is 0 Å². The second-order valence-electron chi connectivity index (χ2n) is 5.99. The van der Waals surface area contributed by atoms with Crippen molar-refractivity contribution in [2.75, 3.05) is 7.05 Å². The van der Waals surface area contributed by atoms with E-state index in [9.17, 15) is 0 Å². The van der Waals surface area contributed by atoms with Crippen LogP contribution in [0.25, 0.3) is 10.9 Å². The molecule has 0 spiro atoms. The highest BCUT2D eigenvalue weighted by Gasteiger charge is 2.19. The highest BCUT2D eigenvalue weighted by Crippen LogP contribution is 2.26. The number of hydrogen-bond donors (Lipinski definition) is 0. The van der Waals surface area contributed by atoms with Gasteiger partial charge in [0.15, 0.2) is 0 Å². The molecule has 0 amide bonds. The summed E-state index contributed by atoms with van der Waals surface area (Å²) in [6.07, 6.45) is 9.29. The van der Waals surface area contributed by atoms with Crippen molar-refractivity contribution in [3.8, 4) is 0 Å². The molecule has 19 heavy (non-hydrogen) atoms. The van der Waals surface area contributed by atoms with E-state index in [1.165, 1.54) is 48.6 Å². The van der Waals surface area contributed by atoms with E-state index >= 15 is 0 Å². The molecule has 1 fully saturated rings. The van der Waals surface area contributed by atoms with Crippen LogP contribution in [0, 0.1) is 0 Å². The molecule has 3 rings (SSSR count). The molecule has 1 heterocycles. The summed E-state index contributed by atoms with van der Waals surface area (Å²) in [7, 11) is 4.43. The first kappa shape index (κ1) is 12.7. The van der Waals surface area contributed by atoms with Crippen LogP contribution in [0.4, 0.5) is 0 Å². The molecule has 1 aliphatic rings. The minimum absolute atomic E-state index is 0.785. The van der Waals surface area contributed by atoms with Crippen molar-refractivity contribution in [2.45, 2.75) is 44.7 Å². The van der Waals surface area contributed by atoms with E-state index in [0.717, 1.165) is 12.6 Å². The zero-order chi connectivity index (χ0) is 13.2. The van der Waals surface area contributed by atoms with Crippen LogP contribution in [0.5, 0.6) is 0 Å². The summed E-state index contributed by atoms with van der Waals surface area (Å²) in [5.41, 5.74) is 2.81. The number of hydrogen-bond acceptors (Lipinski definition) is 1. The quantitative estimate of drug-likeness (QED) is 0.807. The van der Waals surface area contributed by atoms with Crippen LogP contribution in [0.2, 0.25) is 0 Å². The zero-order valence-electron chi connectivity index (χ0n) is 12.1. The molecule has 2 aromatic rings. The third-order valence-corrected chi connectivity index (χ3v) is 4.60. The van der Waals surface area contributed by atoms with Crippen LogP contribution < -0.4 is 0 Å². The Balaban J connectivity index is 1.81. The predicted molar refractivity (Wildman–Crippen MR) is 81.3 cm³/mol. The van der Waals surface area contributed by atoms with Gasteiger partial charge in [-0.3, -0.25) is 4.90 Å². The van der Waals surface area contributed by atoms with Gasteiger partial charge in [-0.2, -0.15) is 0 Å². The van der Waals surface area contributed by atoms with Crippen LogP contribution in [0.1, 0.15) is 37.7 Å². The van der Waals surface area contributed by atoms with Crippen molar-refractivity contribution < 1.29 is 0 Å². The van der Waals surface area contributed by atoms with Gasteiger partial charge in [0.25, 0.3) is 0 Å². The number of fused-ring (bicyclic) bond motifs is 1. The van der Waals surface area contributed by atoms with Crippen molar-refractivity contribution in [1.82, 2.24) is 9.47 Å². The Morgan fingerprint density at radius 3 is 2.68 bits per heavy atom. The number of para-hydroxylation sites is 1. The van der Waals surface area contributed by atoms with Gasteiger partial charge in [0.1, 0.15) is 0 Å². The van der Waals surface area contributed by atoms with Gasteiger partial charge in [0.2, 0.25) is 0 Å². The standard InChI is InChI=1S/C17H24N2/c1-18(15-8-4-3-5-9-15)12-14-13-19(2)17-11-7-6-10-16(14)17/h6-7,10-11,13,15H,3-5,8-9,12H2,1-2H3. The molecule has 0 bridgehead atoms. The lowest BCUT2D eigenvalue weighted by Gasteiger charge is -2.31. The lowest BCUT2D eigenvalue weighted by atomic mass is 9.94. The first-order valence-corrected chi connectivity index (χ1v) is 7.49. The molecule has 0 aliphatic heterocycles. The summed E-state index contributed by atoms with van der Waals surface area (Å²) < 4.78 is 2.25. The third-order valence-electron chi connectivity index (χ3n) is 4.60. The largest absolute Gasteiger partial charge is 0.350 e. The van der Waals surface area contributed by atoms with E-state index in [1.54, 1.807) is 0 Å². The molecule has 0 N–H and O–H groups in total. The van der Waals surface area contributed by atoms with Crippen molar-refractivity contribution in [2.24, 2.45) is 7.05 Å². The molecular formula is C17H24N2. The van der Waals surface area contributed by atoms with Crippen LogP contribution in [0.3, 0.4) is 0 Å². The van der Waals surface area contributed by atoms with E-state index in [1.807, 2.05) is 0 Å². The van der Waals surface area contributed by atoms with Crippen LogP contribution in [0.15, 0.2) is 30.5 Å². The highest BCUT2D eigenvalue weighted by molar-refractivity contribution is 5.83. The molecule has 1 aromatic heterocycles. The summed E-state index contributed by atoms with van der Waals surface area (Å²) in [6, 6.07) is 9.51. The van der Waals surface area contributed by atoms with Gasteiger partial charge in [-0.1, -0.05) is 37.5 Å². The first-order chi connectivity index (χ1) is 9.25. The predicted octanol–water partition coefficient (Wildman–Crippen LogP) is 3.94. The smallest absolute Gasteiger partial charge is 0.0481 e. The number of benzene rings is 1. The van der Waals surface area contributed by atoms with Crippen molar-refractivity contribution >= 4 is 10.9 Å². The van der Waals surface area contributed by atoms with Gasteiger partial charge in [-0.25, -0.2) is 0 Å². The summed E-state index contributed by atoms with van der Waals surface area (Å²) in [4.78, 5) is 2.56. The number of nitrogens with zero attached hydrogens (tertiary/aromatic N) is 2. The molecular weight excluding hydrogens is 232 g/mol. The maximum absolute atomic E-state index is 2.56. The fraction of sp³-hybridized carbons (Fsp3) is 0.529. The Kier molecular flexibility index (Phi) is 3.61. The molecule has 1 saturated carbocycles. The summed E-state index contributed by atoms with van der Waals surface area (Å²) in [5.74, 6) is 0. The molecule has 0 radical (unpaired) electrons. The molecule has 2 nitrogen and oxygen atoms in total. The fourth-order valence-electron chi connectivity index (χ4n) is 3.47. The number of aromatic nitrogens is 1. The van der Waals surface area contributed by atoms with Gasteiger partial charge in [-0.15, -0.1) is 0 Å². The Hall–Kier alpha value is -1.28. The Morgan fingerprint density at radius 1 is 1.16 bits per heavy atom. The van der Waals surface area contributed by atoms with Gasteiger partial charge in [-0.05, 0) is 31.5 Å². The van der Waals surface area contributed by atoms with Gasteiger partial charge in [0.05, 0.1) is 0 Å². The third kappa shape index (κ3) is 2.55. The topological polar surface area (TPSA) is 8.17 Å². The monoisotopic (exact) mass is 256 g/mol. The Morgan fingerprint density at radius 2 is 1.89 bits per heavy atom. The Bertz CT molecular complexity index is 549. The van der Waals surface area contributed by atoms with Gasteiger partial charge in [0, 0.05) is 36.7 Å².